The molecule has 0 aliphatic carbocycles. The van der Waals surface area contributed by atoms with Gasteiger partial charge in [0.05, 0.1) is 6.04 Å². The SMILES string of the molecule is COCCCn1cc(C)c2ccc(C(=O)N(C[C@@H]3CNC[C@H]3NC(=O)OCc3ccccc3)C(C)C)cc21. The second-order valence-corrected chi connectivity index (χ2v) is 10.4. The molecule has 0 unspecified atom stereocenters. The van der Waals surface area contributed by atoms with Gasteiger partial charge in [-0.15, -0.1) is 0 Å². The predicted octanol–water partition coefficient (Wildman–Crippen LogP) is 4.35. The fourth-order valence-electron chi connectivity index (χ4n) is 5.13. The first kappa shape index (κ1) is 27.7. The standard InChI is InChI=1S/C30H40N4O4/c1-21(2)34(19-25-16-31-17-27(25)32-30(36)38-20-23-9-6-5-7-10-23)29(35)24-11-12-26-22(3)18-33(28(26)15-24)13-8-14-37-4/h5-7,9-12,15,18,21,25,27,31H,8,13-14,16-17,19-20H2,1-4H3,(H,32,36)/t25-,27+/m0/s1. The van der Waals surface area contributed by atoms with Gasteiger partial charge >= 0.3 is 6.09 Å². The van der Waals surface area contributed by atoms with Gasteiger partial charge < -0.3 is 29.6 Å². The number of carbonyl (C=O) groups is 2. The summed E-state index contributed by atoms with van der Waals surface area (Å²) in [6, 6.07) is 15.5. The maximum atomic E-state index is 13.7. The second kappa shape index (κ2) is 12.9. The van der Waals surface area contributed by atoms with Crippen molar-refractivity contribution in [3.63, 3.8) is 0 Å². The molecule has 1 aromatic heterocycles. The van der Waals surface area contributed by atoms with E-state index in [0.29, 0.717) is 25.3 Å². The van der Waals surface area contributed by atoms with Crippen LogP contribution < -0.4 is 10.6 Å². The zero-order valence-corrected chi connectivity index (χ0v) is 22.9. The Kier molecular flexibility index (Phi) is 9.42. The molecular weight excluding hydrogens is 480 g/mol. The van der Waals surface area contributed by atoms with E-state index in [2.05, 4.69) is 28.3 Å². The molecule has 2 heterocycles. The van der Waals surface area contributed by atoms with E-state index in [0.717, 1.165) is 36.0 Å². The third-order valence-electron chi connectivity index (χ3n) is 7.25. The molecule has 0 saturated carbocycles. The molecule has 38 heavy (non-hydrogen) atoms. The number of amides is 2. The number of hydrogen-bond donors (Lipinski definition) is 2. The van der Waals surface area contributed by atoms with Crippen molar-refractivity contribution in [2.24, 2.45) is 5.92 Å². The van der Waals surface area contributed by atoms with Gasteiger partial charge in [-0.25, -0.2) is 4.79 Å². The van der Waals surface area contributed by atoms with E-state index in [9.17, 15) is 9.59 Å². The normalized spacial score (nSPS) is 17.2. The smallest absolute Gasteiger partial charge is 0.407 e. The molecule has 2 amide bonds. The quantitative estimate of drug-likeness (QED) is 0.367. The first-order valence-electron chi connectivity index (χ1n) is 13.4. The fourth-order valence-corrected chi connectivity index (χ4v) is 5.13. The molecule has 8 heteroatoms. The lowest BCUT2D eigenvalue weighted by molar-refractivity contribution is 0.0667. The van der Waals surface area contributed by atoms with Crippen molar-refractivity contribution >= 4 is 22.9 Å². The van der Waals surface area contributed by atoms with Crippen LogP contribution in [0, 0.1) is 12.8 Å². The number of benzene rings is 2. The predicted molar refractivity (Wildman–Crippen MR) is 149 cm³/mol. The van der Waals surface area contributed by atoms with Crippen LogP contribution in [0.2, 0.25) is 0 Å². The maximum Gasteiger partial charge on any atom is 0.407 e. The Bertz CT molecular complexity index is 1220. The number of fused-ring (bicyclic) bond motifs is 1. The molecule has 2 atom stereocenters. The van der Waals surface area contributed by atoms with Crippen LogP contribution in [-0.4, -0.2) is 66.9 Å². The molecule has 204 valence electrons. The summed E-state index contributed by atoms with van der Waals surface area (Å²) >= 11 is 0. The van der Waals surface area contributed by atoms with Crippen LogP contribution >= 0.6 is 0 Å². The lowest BCUT2D eigenvalue weighted by Crippen LogP contribution is -2.47. The number of nitrogens with zero attached hydrogens (tertiary/aromatic N) is 2. The molecule has 1 aliphatic heterocycles. The van der Waals surface area contributed by atoms with E-state index < -0.39 is 6.09 Å². The Balaban J connectivity index is 1.43. The van der Waals surface area contributed by atoms with Crippen LogP contribution in [0.15, 0.2) is 54.7 Å². The van der Waals surface area contributed by atoms with Gasteiger partial charge in [0, 0.05) is 74.5 Å². The van der Waals surface area contributed by atoms with Gasteiger partial charge in [-0.1, -0.05) is 36.4 Å². The van der Waals surface area contributed by atoms with E-state index in [1.165, 1.54) is 5.56 Å². The first-order chi connectivity index (χ1) is 18.4. The number of aromatic nitrogens is 1. The van der Waals surface area contributed by atoms with Crippen molar-refractivity contribution in [3.8, 4) is 0 Å². The number of carbonyl (C=O) groups excluding carboxylic acids is 2. The molecule has 2 N–H and O–H groups in total. The third-order valence-corrected chi connectivity index (χ3v) is 7.25. The summed E-state index contributed by atoms with van der Waals surface area (Å²) in [7, 11) is 1.71. The fraction of sp³-hybridized carbons (Fsp3) is 0.467. The van der Waals surface area contributed by atoms with Gasteiger partial charge in [0.25, 0.3) is 5.91 Å². The van der Waals surface area contributed by atoms with E-state index in [1.807, 2.05) is 67.3 Å². The number of rotatable bonds is 11. The number of alkyl carbamates (subject to hydrolysis) is 1. The van der Waals surface area contributed by atoms with E-state index in [1.54, 1.807) is 7.11 Å². The van der Waals surface area contributed by atoms with Crippen LogP contribution in [0.5, 0.6) is 0 Å². The molecule has 0 bridgehead atoms. The van der Waals surface area contributed by atoms with Gasteiger partial charge in [0.2, 0.25) is 0 Å². The lowest BCUT2D eigenvalue weighted by atomic mass is 10.0. The maximum absolute atomic E-state index is 13.7. The van der Waals surface area contributed by atoms with E-state index in [-0.39, 0.29) is 30.5 Å². The topological polar surface area (TPSA) is 84.8 Å². The third kappa shape index (κ3) is 6.74. The van der Waals surface area contributed by atoms with Crippen LogP contribution in [0.25, 0.3) is 10.9 Å². The molecule has 4 rings (SSSR count). The summed E-state index contributed by atoms with van der Waals surface area (Å²) in [5, 5.41) is 7.53. The van der Waals surface area contributed by atoms with Gasteiger partial charge in [-0.2, -0.15) is 0 Å². The van der Waals surface area contributed by atoms with Crippen LogP contribution in [-0.2, 0) is 22.6 Å². The molecular formula is C30H40N4O4. The summed E-state index contributed by atoms with van der Waals surface area (Å²) < 4.78 is 12.9. The van der Waals surface area contributed by atoms with E-state index >= 15 is 0 Å². The Morgan fingerprint density at radius 1 is 1.16 bits per heavy atom. The highest BCUT2D eigenvalue weighted by Gasteiger charge is 2.33. The first-order valence-corrected chi connectivity index (χ1v) is 13.4. The Hall–Kier alpha value is -3.36. The monoisotopic (exact) mass is 520 g/mol. The van der Waals surface area contributed by atoms with Crippen molar-refractivity contribution in [2.45, 2.75) is 52.4 Å². The zero-order valence-electron chi connectivity index (χ0n) is 22.9. The van der Waals surface area contributed by atoms with Gasteiger partial charge in [-0.05, 0) is 50.5 Å². The highest BCUT2D eigenvalue weighted by atomic mass is 16.5. The largest absolute Gasteiger partial charge is 0.445 e. The molecule has 1 aliphatic rings. The minimum Gasteiger partial charge on any atom is -0.445 e. The summed E-state index contributed by atoms with van der Waals surface area (Å²) in [5.41, 5.74) is 3.88. The summed E-state index contributed by atoms with van der Waals surface area (Å²) in [6.45, 7) is 9.84. The Morgan fingerprint density at radius 2 is 1.95 bits per heavy atom. The molecule has 0 radical (unpaired) electrons. The van der Waals surface area contributed by atoms with Crippen molar-refractivity contribution in [2.75, 3.05) is 33.4 Å². The van der Waals surface area contributed by atoms with Crippen LogP contribution in [0.4, 0.5) is 4.79 Å². The van der Waals surface area contributed by atoms with E-state index in [4.69, 9.17) is 9.47 Å². The van der Waals surface area contributed by atoms with Gasteiger partial charge in [0.1, 0.15) is 6.61 Å². The average molecular weight is 521 g/mol. The van der Waals surface area contributed by atoms with Crippen LogP contribution in [0.3, 0.4) is 0 Å². The van der Waals surface area contributed by atoms with Gasteiger partial charge in [0.15, 0.2) is 0 Å². The van der Waals surface area contributed by atoms with Crippen molar-refractivity contribution in [3.05, 3.63) is 71.4 Å². The van der Waals surface area contributed by atoms with Crippen molar-refractivity contribution < 1.29 is 19.1 Å². The molecule has 1 fully saturated rings. The number of ether oxygens (including phenoxy) is 2. The van der Waals surface area contributed by atoms with Crippen LogP contribution in [0.1, 0.15) is 41.8 Å². The lowest BCUT2D eigenvalue weighted by Gasteiger charge is -2.31. The molecule has 3 aromatic rings. The number of nitrogens with one attached hydrogen (secondary N) is 2. The molecule has 8 nitrogen and oxygen atoms in total. The summed E-state index contributed by atoms with van der Waals surface area (Å²) in [4.78, 5) is 28.2. The Labute approximate surface area is 225 Å². The number of hydrogen-bond acceptors (Lipinski definition) is 5. The zero-order chi connectivity index (χ0) is 27.1. The highest BCUT2D eigenvalue weighted by molar-refractivity contribution is 5.98. The van der Waals surface area contributed by atoms with Crippen molar-refractivity contribution in [1.82, 2.24) is 20.1 Å². The molecule has 1 saturated heterocycles. The number of aryl methyl sites for hydroxylation is 2. The Morgan fingerprint density at radius 3 is 2.68 bits per heavy atom. The highest BCUT2D eigenvalue weighted by Crippen LogP contribution is 2.24. The molecule has 2 aromatic carbocycles. The second-order valence-electron chi connectivity index (χ2n) is 10.4. The number of methoxy groups -OCH3 is 1. The van der Waals surface area contributed by atoms with Crippen molar-refractivity contribution in [1.29, 1.82) is 0 Å². The molecule has 0 spiro atoms. The van der Waals surface area contributed by atoms with Gasteiger partial charge in [-0.3, -0.25) is 4.79 Å². The summed E-state index contributed by atoms with van der Waals surface area (Å²) in [6.07, 6.45) is 2.61. The minimum atomic E-state index is -0.440. The minimum absolute atomic E-state index is 0.00139. The average Bonchev–Trinajstić information content (AvgIpc) is 3.49. The summed E-state index contributed by atoms with van der Waals surface area (Å²) in [5.74, 6) is 0.0796.